The van der Waals surface area contributed by atoms with Crippen LogP contribution in [0.25, 0.3) is 0 Å². The van der Waals surface area contributed by atoms with Crippen molar-refractivity contribution < 1.29 is 18.6 Å². The Morgan fingerprint density at radius 2 is 1.89 bits per heavy atom. The van der Waals surface area contributed by atoms with Crippen molar-refractivity contribution in [3.63, 3.8) is 0 Å². The van der Waals surface area contributed by atoms with E-state index < -0.39 is 0 Å². The summed E-state index contributed by atoms with van der Waals surface area (Å²) in [5, 5.41) is 3.28. The van der Waals surface area contributed by atoms with E-state index in [0.29, 0.717) is 17.1 Å². The molecule has 1 atom stereocenters. The molecule has 1 heterocycles. The van der Waals surface area contributed by atoms with Crippen molar-refractivity contribution >= 4 is 0 Å². The van der Waals surface area contributed by atoms with Crippen molar-refractivity contribution in [2.24, 2.45) is 0 Å². The van der Waals surface area contributed by atoms with Crippen molar-refractivity contribution in [2.75, 3.05) is 34.4 Å². The molecule has 1 aromatic carbocycles. The van der Waals surface area contributed by atoms with Crippen LogP contribution in [0.15, 0.2) is 6.07 Å². The Kier molecular flexibility index (Phi) is 4.47. The number of piperidine rings is 1. The lowest BCUT2D eigenvalue weighted by Crippen LogP contribution is -2.29. The highest BCUT2D eigenvalue weighted by molar-refractivity contribution is 5.54. The monoisotopic (exact) mass is 269 g/mol. The highest BCUT2D eigenvalue weighted by Gasteiger charge is 2.28. The Labute approximate surface area is 112 Å². The second-order valence-corrected chi connectivity index (χ2v) is 4.59. The van der Waals surface area contributed by atoms with E-state index in [1.165, 1.54) is 27.4 Å². The molecule has 0 amide bonds. The van der Waals surface area contributed by atoms with Gasteiger partial charge in [-0.2, -0.15) is 0 Å². The van der Waals surface area contributed by atoms with Crippen LogP contribution in [0.4, 0.5) is 4.39 Å². The molecule has 1 aromatic rings. The molecule has 0 radical (unpaired) electrons. The van der Waals surface area contributed by atoms with Gasteiger partial charge in [0.15, 0.2) is 23.1 Å². The lowest BCUT2D eigenvalue weighted by molar-refractivity contribution is 0.325. The van der Waals surface area contributed by atoms with Crippen LogP contribution in [0.3, 0.4) is 0 Å². The van der Waals surface area contributed by atoms with Gasteiger partial charge in [-0.1, -0.05) is 0 Å². The van der Waals surface area contributed by atoms with E-state index in [1.807, 2.05) is 0 Å². The number of halogens is 1. The summed E-state index contributed by atoms with van der Waals surface area (Å²) in [5.41, 5.74) is 0.547. The zero-order chi connectivity index (χ0) is 13.8. The van der Waals surface area contributed by atoms with E-state index in [4.69, 9.17) is 14.2 Å². The molecule has 1 unspecified atom stereocenters. The highest BCUT2D eigenvalue weighted by Crippen LogP contribution is 2.43. The van der Waals surface area contributed by atoms with Gasteiger partial charge in [0.2, 0.25) is 0 Å². The van der Waals surface area contributed by atoms with Crippen LogP contribution in [0, 0.1) is 5.82 Å². The first kappa shape index (κ1) is 13.9. The van der Waals surface area contributed by atoms with Crippen molar-refractivity contribution in [3.05, 3.63) is 17.4 Å². The molecule has 1 saturated heterocycles. The highest BCUT2D eigenvalue weighted by atomic mass is 19.1. The summed E-state index contributed by atoms with van der Waals surface area (Å²) >= 11 is 0. The van der Waals surface area contributed by atoms with Gasteiger partial charge in [0.25, 0.3) is 0 Å². The van der Waals surface area contributed by atoms with E-state index >= 15 is 0 Å². The molecule has 0 saturated carbocycles. The molecule has 106 valence electrons. The van der Waals surface area contributed by atoms with Crippen LogP contribution in [-0.2, 0) is 0 Å². The molecular formula is C14H20FNO3. The smallest absolute Gasteiger partial charge is 0.172 e. The quantitative estimate of drug-likeness (QED) is 0.910. The van der Waals surface area contributed by atoms with Crippen LogP contribution in [0.1, 0.15) is 24.3 Å². The van der Waals surface area contributed by atoms with Gasteiger partial charge in [-0.05, 0) is 19.4 Å². The van der Waals surface area contributed by atoms with Crippen molar-refractivity contribution in [2.45, 2.75) is 18.8 Å². The first-order valence-corrected chi connectivity index (χ1v) is 6.42. The van der Waals surface area contributed by atoms with Gasteiger partial charge in [-0.25, -0.2) is 4.39 Å². The Balaban J connectivity index is 2.53. The average molecular weight is 269 g/mol. The normalized spacial score (nSPS) is 19.1. The average Bonchev–Trinajstić information content (AvgIpc) is 2.47. The molecule has 5 heteroatoms. The summed E-state index contributed by atoms with van der Waals surface area (Å²) in [4.78, 5) is 0. The number of hydrogen-bond donors (Lipinski definition) is 1. The molecule has 4 nitrogen and oxygen atoms in total. The maximum absolute atomic E-state index is 14.5. The zero-order valence-electron chi connectivity index (χ0n) is 11.6. The van der Waals surface area contributed by atoms with Crippen molar-refractivity contribution in [1.29, 1.82) is 0 Å². The maximum Gasteiger partial charge on any atom is 0.172 e. The van der Waals surface area contributed by atoms with E-state index in [-0.39, 0.29) is 17.5 Å². The number of methoxy groups -OCH3 is 3. The van der Waals surface area contributed by atoms with E-state index in [9.17, 15) is 4.39 Å². The van der Waals surface area contributed by atoms with Gasteiger partial charge in [-0.3, -0.25) is 0 Å². The Bertz CT molecular complexity index is 445. The summed E-state index contributed by atoms with van der Waals surface area (Å²) in [6.07, 6.45) is 1.95. The maximum atomic E-state index is 14.5. The van der Waals surface area contributed by atoms with Crippen molar-refractivity contribution in [3.8, 4) is 17.2 Å². The van der Waals surface area contributed by atoms with E-state index in [0.717, 1.165) is 25.9 Å². The molecule has 1 fully saturated rings. The van der Waals surface area contributed by atoms with Gasteiger partial charge in [-0.15, -0.1) is 0 Å². The fourth-order valence-electron chi connectivity index (χ4n) is 2.59. The number of nitrogens with one attached hydrogen (secondary N) is 1. The van der Waals surface area contributed by atoms with Crippen molar-refractivity contribution in [1.82, 2.24) is 5.32 Å². The van der Waals surface area contributed by atoms with Gasteiger partial charge in [0, 0.05) is 24.1 Å². The predicted octanol–water partition coefficient (Wildman–Crippen LogP) is 2.32. The van der Waals surface area contributed by atoms with Crippen LogP contribution in [0.5, 0.6) is 17.2 Å². The van der Waals surface area contributed by atoms with Crippen LogP contribution in [-0.4, -0.2) is 34.4 Å². The fraction of sp³-hybridized carbons (Fsp3) is 0.571. The zero-order valence-corrected chi connectivity index (χ0v) is 11.6. The largest absolute Gasteiger partial charge is 0.494 e. The van der Waals surface area contributed by atoms with Crippen LogP contribution < -0.4 is 19.5 Å². The topological polar surface area (TPSA) is 39.7 Å². The first-order valence-electron chi connectivity index (χ1n) is 6.42. The number of ether oxygens (including phenoxy) is 3. The van der Waals surface area contributed by atoms with E-state index in [2.05, 4.69) is 5.32 Å². The summed E-state index contributed by atoms with van der Waals surface area (Å²) in [5.74, 6) is 0.885. The summed E-state index contributed by atoms with van der Waals surface area (Å²) in [6, 6.07) is 1.52. The molecule has 0 bridgehead atoms. The molecule has 19 heavy (non-hydrogen) atoms. The minimum atomic E-state index is -0.353. The third-order valence-electron chi connectivity index (χ3n) is 3.53. The number of benzene rings is 1. The lowest BCUT2D eigenvalue weighted by Gasteiger charge is -2.26. The Hall–Kier alpha value is -1.49. The second kappa shape index (κ2) is 6.10. The van der Waals surface area contributed by atoms with Crippen LogP contribution >= 0.6 is 0 Å². The third-order valence-corrected chi connectivity index (χ3v) is 3.53. The summed E-state index contributed by atoms with van der Waals surface area (Å²) < 4.78 is 30.2. The third kappa shape index (κ3) is 2.61. The molecule has 0 spiro atoms. The Morgan fingerprint density at radius 1 is 1.16 bits per heavy atom. The van der Waals surface area contributed by atoms with Gasteiger partial charge < -0.3 is 19.5 Å². The molecular weight excluding hydrogens is 249 g/mol. The minimum Gasteiger partial charge on any atom is -0.494 e. The van der Waals surface area contributed by atoms with Gasteiger partial charge in [0.1, 0.15) is 0 Å². The Morgan fingerprint density at radius 3 is 2.42 bits per heavy atom. The van der Waals surface area contributed by atoms with E-state index in [1.54, 1.807) is 0 Å². The van der Waals surface area contributed by atoms with Crippen LogP contribution in [0.2, 0.25) is 0 Å². The van der Waals surface area contributed by atoms with Gasteiger partial charge in [0.05, 0.1) is 21.3 Å². The SMILES string of the molecule is COc1cc(OC)c(OC)c(C2CCCNC2)c1F. The first-order chi connectivity index (χ1) is 9.22. The van der Waals surface area contributed by atoms with Gasteiger partial charge >= 0.3 is 0 Å². The molecule has 2 rings (SSSR count). The second-order valence-electron chi connectivity index (χ2n) is 4.59. The lowest BCUT2D eigenvalue weighted by atomic mass is 9.90. The number of hydrogen-bond acceptors (Lipinski definition) is 4. The predicted molar refractivity (Wildman–Crippen MR) is 70.9 cm³/mol. The number of rotatable bonds is 4. The molecule has 1 N–H and O–H groups in total. The minimum absolute atomic E-state index is 0.0766. The molecule has 0 aromatic heterocycles. The standard InChI is InChI=1S/C14H20FNO3/c1-17-10-7-11(18-2)14(19-3)12(13(10)15)9-5-4-6-16-8-9/h7,9,16H,4-6,8H2,1-3H3. The molecule has 0 aliphatic carbocycles. The molecule has 1 aliphatic rings. The summed E-state index contributed by atoms with van der Waals surface area (Å²) in [6.45, 7) is 1.71. The molecule has 1 aliphatic heterocycles. The fourth-order valence-corrected chi connectivity index (χ4v) is 2.59. The summed E-state index contributed by atoms with van der Waals surface area (Å²) in [7, 11) is 4.52.